The molecule has 1 aromatic heterocycles. The van der Waals surface area contributed by atoms with Gasteiger partial charge in [0, 0.05) is 22.6 Å². The molecule has 5 nitrogen and oxygen atoms in total. The molecule has 0 bridgehead atoms. The molecule has 0 saturated carbocycles. The molecule has 0 saturated heterocycles. The highest BCUT2D eigenvalue weighted by molar-refractivity contribution is 5.89. The first-order valence-corrected chi connectivity index (χ1v) is 8.23. The third-order valence-electron chi connectivity index (χ3n) is 4.18. The molecule has 0 amide bonds. The van der Waals surface area contributed by atoms with E-state index in [2.05, 4.69) is 9.84 Å². The number of hydrogen-bond donors (Lipinski definition) is 1. The molecule has 12 heteroatoms. The monoisotopic (exact) mass is 439 g/mol. The summed E-state index contributed by atoms with van der Waals surface area (Å²) in [6.45, 7) is 3.21. The van der Waals surface area contributed by atoms with Crippen molar-refractivity contribution in [1.82, 2.24) is 9.99 Å². The Morgan fingerprint density at radius 2 is 1.63 bits per heavy atom. The van der Waals surface area contributed by atoms with Gasteiger partial charge >= 0.3 is 24.1 Å². The summed E-state index contributed by atoms with van der Waals surface area (Å²) in [6.07, 6.45) is -5.74. The van der Waals surface area contributed by atoms with E-state index in [0.29, 0.717) is 34.3 Å². The molecular weight excluding hydrogens is 423 g/mol. The molecule has 0 spiro atoms. The zero-order valence-corrected chi connectivity index (χ0v) is 15.8. The van der Waals surface area contributed by atoms with E-state index < -0.39 is 24.1 Å². The Morgan fingerprint density at radius 3 is 2.13 bits per heavy atom. The lowest BCUT2D eigenvalue weighted by Crippen LogP contribution is -2.58. The predicted molar refractivity (Wildman–Crippen MR) is 93.3 cm³/mol. The summed E-state index contributed by atoms with van der Waals surface area (Å²) in [5, 5.41) is 2.87. The van der Waals surface area contributed by atoms with Crippen LogP contribution < -0.4 is 5.43 Å². The topological polar surface area (TPSA) is 55.6 Å². The van der Waals surface area contributed by atoms with Gasteiger partial charge in [-0.25, -0.2) is 10.2 Å². The van der Waals surface area contributed by atoms with Gasteiger partial charge in [-0.2, -0.15) is 35.8 Å². The van der Waals surface area contributed by atoms with Crippen molar-refractivity contribution in [3.8, 4) is 5.69 Å². The lowest BCUT2D eigenvalue weighted by molar-refractivity contribution is -0.361. The van der Waals surface area contributed by atoms with E-state index in [1.807, 2.05) is 0 Å². The number of nitrogens with one attached hydrogen (secondary N) is 1. The third-order valence-corrected chi connectivity index (χ3v) is 4.18. The number of halogens is 7. The van der Waals surface area contributed by atoms with E-state index >= 15 is 0 Å². The number of carbonyl (C=O) groups excluding carboxylic acids is 1. The molecule has 30 heavy (non-hydrogen) atoms. The van der Waals surface area contributed by atoms with Gasteiger partial charge in [-0.15, -0.1) is 0 Å². The first-order valence-electron chi connectivity index (χ1n) is 8.23. The summed E-state index contributed by atoms with van der Waals surface area (Å²) >= 11 is 0. The molecular formula is C18H16F7N3O2. The zero-order chi connectivity index (χ0) is 22.9. The van der Waals surface area contributed by atoms with Gasteiger partial charge in [0.15, 0.2) is 0 Å². The molecule has 1 N–H and O–H groups in total. The van der Waals surface area contributed by atoms with Gasteiger partial charge in [0.1, 0.15) is 0 Å². The van der Waals surface area contributed by atoms with Gasteiger partial charge in [0.25, 0.3) is 0 Å². The van der Waals surface area contributed by atoms with E-state index in [1.54, 1.807) is 30.5 Å². The van der Waals surface area contributed by atoms with Gasteiger partial charge in [-0.3, -0.25) is 0 Å². The van der Waals surface area contributed by atoms with Gasteiger partial charge in [0.2, 0.25) is 0 Å². The maximum Gasteiger partial charge on any atom is 0.462 e. The number of hydrogen-bond acceptors (Lipinski definition) is 4. The smallest absolute Gasteiger partial charge is 0.462 e. The van der Waals surface area contributed by atoms with Crippen molar-refractivity contribution >= 4 is 12.2 Å². The Bertz CT molecular complexity index is 948. The zero-order valence-electron chi connectivity index (χ0n) is 15.8. The van der Waals surface area contributed by atoms with Crippen LogP contribution in [-0.2, 0) is 4.74 Å². The molecule has 0 aliphatic carbocycles. The summed E-state index contributed by atoms with van der Waals surface area (Å²) in [5.74, 6) is -6.85. The number of ether oxygens (including phenoxy) is 1. The second kappa shape index (κ2) is 8.00. The SMILES string of the molecule is COC(=O)c1ccc(-n2c(C)cc(/C=N/NC(F)(F)C(F)(F)C(F)(F)F)c2C)cc1. The Morgan fingerprint density at radius 1 is 1.07 bits per heavy atom. The van der Waals surface area contributed by atoms with Crippen LogP contribution in [0.5, 0.6) is 0 Å². The van der Waals surface area contributed by atoms with Crippen molar-refractivity contribution in [3.63, 3.8) is 0 Å². The number of esters is 1. The fourth-order valence-electron chi connectivity index (χ4n) is 2.61. The number of alkyl halides is 7. The predicted octanol–water partition coefficient (Wildman–Crippen LogP) is 4.59. The molecule has 0 fully saturated rings. The second-order valence-corrected chi connectivity index (χ2v) is 6.22. The number of benzene rings is 1. The standard InChI is InChI=1S/C18H16F7N3O2/c1-10-8-13(9-26-27-18(24,25)16(19,20)17(21,22)23)11(2)28(10)14-6-4-12(5-7-14)15(29)30-3/h4-9,27H,1-3H3/b26-9+. The van der Waals surface area contributed by atoms with Crippen LogP contribution in [0.2, 0.25) is 0 Å². The molecule has 1 heterocycles. The average Bonchev–Trinajstić information content (AvgIpc) is 2.93. The molecule has 2 aromatic rings. The van der Waals surface area contributed by atoms with Crippen LogP contribution in [0.1, 0.15) is 27.3 Å². The number of nitrogens with zero attached hydrogens (tertiary/aromatic N) is 2. The first-order chi connectivity index (χ1) is 13.7. The molecule has 0 aliphatic rings. The van der Waals surface area contributed by atoms with Crippen LogP contribution in [-0.4, -0.2) is 42.0 Å². The highest BCUT2D eigenvalue weighted by Crippen LogP contribution is 2.45. The van der Waals surface area contributed by atoms with Crippen LogP contribution in [0, 0.1) is 13.8 Å². The van der Waals surface area contributed by atoms with Crippen molar-refractivity contribution in [2.24, 2.45) is 5.10 Å². The molecule has 0 radical (unpaired) electrons. The highest BCUT2D eigenvalue weighted by atomic mass is 19.4. The maximum absolute atomic E-state index is 13.2. The fourth-order valence-corrected chi connectivity index (χ4v) is 2.61. The quantitative estimate of drug-likeness (QED) is 0.236. The van der Waals surface area contributed by atoms with E-state index in [9.17, 15) is 35.5 Å². The van der Waals surface area contributed by atoms with Crippen LogP contribution in [0.25, 0.3) is 5.69 Å². The molecule has 0 atom stereocenters. The molecule has 0 unspecified atom stereocenters. The van der Waals surface area contributed by atoms with E-state index in [1.165, 1.54) is 25.3 Å². The minimum Gasteiger partial charge on any atom is -0.465 e. The van der Waals surface area contributed by atoms with Crippen LogP contribution >= 0.6 is 0 Å². The van der Waals surface area contributed by atoms with E-state index in [4.69, 9.17) is 0 Å². The minimum atomic E-state index is -6.45. The van der Waals surface area contributed by atoms with Crippen molar-refractivity contribution in [3.05, 3.63) is 52.8 Å². The highest BCUT2D eigenvalue weighted by Gasteiger charge is 2.73. The third kappa shape index (κ3) is 4.26. The largest absolute Gasteiger partial charge is 0.465 e. The summed E-state index contributed by atoms with van der Waals surface area (Å²) in [5.41, 5.74) is 2.69. The number of methoxy groups -OCH3 is 1. The van der Waals surface area contributed by atoms with Crippen molar-refractivity contribution in [2.45, 2.75) is 32.0 Å². The summed E-state index contributed by atoms with van der Waals surface area (Å²) < 4.78 is 94.9. The molecule has 164 valence electrons. The molecule has 2 rings (SSSR count). The lowest BCUT2D eigenvalue weighted by Gasteiger charge is -2.27. The Balaban J connectivity index is 2.27. The van der Waals surface area contributed by atoms with Crippen LogP contribution in [0.15, 0.2) is 35.4 Å². The van der Waals surface area contributed by atoms with Gasteiger partial charge in [-0.05, 0) is 44.2 Å². The Hall–Kier alpha value is -3.05. The first kappa shape index (κ1) is 23.2. The second-order valence-electron chi connectivity index (χ2n) is 6.22. The number of carbonyl (C=O) groups is 1. The van der Waals surface area contributed by atoms with Gasteiger partial charge < -0.3 is 9.30 Å². The summed E-state index contributed by atoms with van der Waals surface area (Å²) in [6, 6.07) is 1.99. The number of aromatic nitrogens is 1. The van der Waals surface area contributed by atoms with Gasteiger partial charge in [0.05, 0.1) is 18.9 Å². The van der Waals surface area contributed by atoms with Crippen molar-refractivity contribution in [2.75, 3.05) is 7.11 Å². The normalized spacial score (nSPS) is 13.0. The Kier molecular flexibility index (Phi) is 6.19. The van der Waals surface area contributed by atoms with E-state index in [0.717, 1.165) is 0 Å². The minimum absolute atomic E-state index is 0.197. The molecule has 0 aliphatic heterocycles. The lowest BCUT2D eigenvalue weighted by atomic mass is 10.2. The van der Waals surface area contributed by atoms with Gasteiger partial charge in [-0.1, -0.05) is 0 Å². The summed E-state index contributed by atoms with van der Waals surface area (Å²) in [4.78, 5) is 11.5. The number of aryl methyl sites for hydroxylation is 1. The van der Waals surface area contributed by atoms with Crippen molar-refractivity contribution in [1.29, 1.82) is 0 Å². The van der Waals surface area contributed by atoms with Crippen LogP contribution in [0.3, 0.4) is 0 Å². The van der Waals surface area contributed by atoms with Crippen LogP contribution in [0.4, 0.5) is 30.7 Å². The molecule has 1 aromatic carbocycles. The number of hydrazone groups is 1. The average molecular weight is 439 g/mol. The maximum atomic E-state index is 13.2. The fraction of sp³-hybridized carbons (Fsp3) is 0.333. The van der Waals surface area contributed by atoms with Crippen molar-refractivity contribution < 1.29 is 40.3 Å². The number of rotatable bonds is 6. The Labute approximate surface area is 166 Å². The summed E-state index contributed by atoms with van der Waals surface area (Å²) in [7, 11) is 1.23. The van der Waals surface area contributed by atoms with E-state index in [-0.39, 0.29) is 5.56 Å².